The Morgan fingerprint density at radius 3 is 2.10 bits per heavy atom. The van der Waals surface area contributed by atoms with Crippen LogP contribution in [0.15, 0.2) is 146 Å². The molecule has 0 amide bonds. The molecule has 0 saturated heterocycles. The van der Waals surface area contributed by atoms with E-state index in [0.717, 1.165) is 50.6 Å². The van der Waals surface area contributed by atoms with Gasteiger partial charge in [-0.2, -0.15) is 0 Å². The summed E-state index contributed by atoms with van der Waals surface area (Å²) < 4.78 is 4.70. The minimum atomic E-state index is -0.200. The molecule has 0 bridgehead atoms. The van der Waals surface area contributed by atoms with Crippen molar-refractivity contribution in [3.63, 3.8) is 0 Å². The summed E-state index contributed by atoms with van der Waals surface area (Å²) in [5, 5.41) is 4.86. The Morgan fingerprint density at radius 2 is 1.25 bits per heavy atom. The number of hydrogen-bond acceptors (Lipinski definition) is 3. The minimum Gasteiger partial charge on any atom is -0.310 e. The highest BCUT2D eigenvalue weighted by Crippen LogP contribution is 2.49. The van der Waals surface area contributed by atoms with Crippen molar-refractivity contribution in [2.75, 3.05) is 4.90 Å². The third kappa shape index (κ3) is 4.35. The molecule has 10 rings (SSSR count). The summed E-state index contributed by atoms with van der Waals surface area (Å²) >= 11 is 0. The maximum Gasteiger partial charge on any atom is 0.145 e. The molecular formula is C47H39N5. The number of benzene rings is 5. The van der Waals surface area contributed by atoms with Gasteiger partial charge in [-0.15, -0.1) is 0 Å². The fraction of sp³-hybridized carbons (Fsp3) is 0.149. The van der Waals surface area contributed by atoms with E-state index in [4.69, 9.17) is 9.97 Å². The first-order valence-electron chi connectivity index (χ1n) is 18.1. The van der Waals surface area contributed by atoms with Crippen LogP contribution in [0.3, 0.4) is 0 Å². The Morgan fingerprint density at radius 1 is 0.538 bits per heavy atom. The second kappa shape index (κ2) is 10.9. The molecule has 52 heavy (non-hydrogen) atoms. The summed E-state index contributed by atoms with van der Waals surface area (Å²) in [6, 6.07) is 48.4. The van der Waals surface area contributed by atoms with Gasteiger partial charge >= 0.3 is 0 Å². The van der Waals surface area contributed by atoms with Crippen LogP contribution in [0.2, 0.25) is 0 Å². The van der Waals surface area contributed by atoms with Crippen molar-refractivity contribution in [1.82, 2.24) is 19.1 Å². The average molecular weight is 674 g/mol. The van der Waals surface area contributed by atoms with Gasteiger partial charge in [0.1, 0.15) is 11.5 Å². The highest BCUT2D eigenvalue weighted by atomic mass is 15.2. The number of rotatable bonds is 4. The van der Waals surface area contributed by atoms with Gasteiger partial charge in [0.2, 0.25) is 0 Å². The van der Waals surface area contributed by atoms with Crippen molar-refractivity contribution in [2.24, 2.45) is 0 Å². The standard InChI is InChI=1S/C47H39N5/c1-46(2,3)30-26-38-36-23-22-34(29-42(36)52-43(38)40(27-30)47(4,5)39-20-13-25-49-45(39)52)50(31-14-7-6-8-15-31)32-16-11-17-33(28-32)51-41-21-10-9-18-35(41)37-19-12-24-48-44(37)51/h6-29H,1-5H3. The fourth-order valence-corrected chi connectivity index (χ4v) is 8.46. The van der Waals surface area contributed by atoms with Crippen LogP contribution in [0.25, 0.3) is 55.2 Å². The van der Waals surface area contributed by atoms with Crippen LogP contribution in [0.4, 0.5) is 17.1 Å². The van der Waals surface area contributed by atoms with Gasteiger partial charge in [-0.3, -0.25) is 9.13 Å². The molecule has 0 radical (unpaired) electrons. The smallest absolute Gasteiger partial charge is 0.145 e. The number of fused-ring (bicyclic) bond motifs is 8. The Bertz CT molecular complexity index is 2810. The number of hydrogen-bond donors (Lipinski definition) is 0. The first kappa shape index (κ1) is 30.6. The van der Waals surface area contributed by atoms with Crippen molar-refractivity contribution >= 4 is 60.8 Å². The van der Waals surface area contributed by atoms with Crippen LogP contribution in [0.5, 0.6) is 0 Å². The number of para-hydroxylation sites is 2. The number of pyridine rings is 2. The summed E-state index contributed by atoms with van der Waals surface area (Å²) in [5.41, 5.74) is 12.5. The van der Waals surface area contributed by atoms with Gasteiger partial charge < -0.3 is 4.90 Å². The summed E-state index contributed by atoms with van der Waals surface area (Å²) in [6.07, 6.45) is 3.81. The zero-order valence-corrected chi connectivity index (χ0v) is 30.1. The molecule has 5 heteroatoms. The van der Waals surface area contributed by atoms with Crippen molar-refractivity contribution < 1.29 is 0 Å². The van der Waals surface area contributed by atoms with Crippen LogP contribution in [-0.4, -0.2) is 19.1 Å². The topological polar surface area (TPSA) is 38.9 Å². The molecular weight excluding hydrogens is 635 g/mol. The summed E-state index contributed by atoms with van der Waals surface area (Å²) in [5.74, 6) is 1.01. The minimum absolute atomic E-state index is 0.00532. The van der Waals surface area contributed by atoms with Crippen LogP contribution in [0, 0.1) is 0 Å². The van der Waals surface area contributed by atoms with E-state index in [9.17, 15) is 0 Å². The van der Waals surface area contributed by atoms with Gasteiger partial charge in [0, 0.05) is 67.7 Å². The molecule has 0 fully saturated rings. The predicted octanol–water partition coefficient (Wildman–Crippen LogP) is 12.1. The van der Waals surface area contributed by atoms with E-state index in [1.54, 1.807) is 0 Å². The van der Waals surface area contributed by atoms with Crippen molar-refractivity contribution in [2.45, 2.75) is 45.4 Å². The lowest BCUT2D eigenvalue weighted by Gasteiger charge is -2.35. The monoisotopic (exact) mass is 673 g/mol. The van der Waals surface area contributed by atoms with Gasteiger partial charge in [0.15, 0.2) is 0 Å². The zero-order chi connectivity index (χ0) is 35.4. The Hall–Kier alpha value is -6.20. The van der Waals surface area contributed by atoms with Gasteiger partial charge in [0.25, 0.3) is 0 Å². The molecule has 5 nitrogen and oxygen atoms in total. The molecule has 0 atom stereocenters. The molecule has 0 aliphatic carbocycles. The second-order valence-corrected chi connectivity index (χ2v) is 15.6. The number of aromatic nitrogens is 4. The lowest BCUT2D eigenvalue weighted by atomic mass is 9.73. The summed E-state index contributed by atoms with van der Waals surface area (Å²) in [7, 11) is 0. The Kier molecular flexibility index (Phi) is 6.42. The average Bonchev–Trinajstić information content (AvgIpc) is 3.67. The normalized spacial score (nSPS) is 13.6. The molecule has 5 aromatic carbocycles. The lowest BCUT2D eigenvalue weighted by Crippen LogP contribution is -2.28. The van der Waals surface area contributed by atoms with E-state index >= 15 is 0 Å². The third-order valence-corrected chi connectivity index (χ3v) is 11.1. The van der Waals surface area contributed by atoms with E-state index in [2.05, 4.69) is 176 Å². The van der Waals surface area contributed by atoms with Crippen LogP contribution in [0.1, 0.15) is 51.3 Å². The second-order valence-electron chi connectivity index (χ2n) is 15.6. The van der Waals surface area contributed by atoms with Gasteiger partial charge in [-0.05, 0) is 89.3 Å². The van der Waals surface area contributed by atoms with Crippen molar-refractivity contribution in [3.8, 4) is 11.5 Å². The zero-order valence-electron chi connectivity index (χ0n) is 30.1. The first-order valence-corrected chi connectivity index (χ1v) is 18.1. The molecule has 0 unspecified atom stereocenters. The number of nitrogens with zero attached hydrogens (tertiary/aromatic N) is 5. The predicted molar refractivity (Wildman–Crippen MR) is 216 cm³/mol. The highest BCUT2D eigenvalue weighted by Gasteiger charge is 2.37. The van der Waals surface area contributed by atoms with Gasteiger partial charge in [-0.1, -0.05) is 95.3 Å². The molecule has 9 aromatic rings. The molecule has 252 valence electrons. The first-order chi connectivity index (χ1) is 25.2. The summed E-state index contributed by atoms with van der Waals surface area (Å²) in [4.78, 5) is 12.3. The third-order valence-electron chi connectivity index (χ3n) is 11.1. The van der Waals surface area contributed by atoms with E-state index in [0.29, 0.717) is 0 Å². The molecule has 0 saturated carbocycles. The molecule has 0 spiro atoms. The maximum absolute atomic E-state index is 5.05. The van der Waals surface area contributed by atoms with E-state index in [1.165, 1.54) is 38.4 Å². The molecule has 4 aromatic heterocycles. The van der Waals surface area contributed by atoms with Crippen molar-refractivity contribution in [3.05, 3.63) is 163 Å². The quantitative estimate of drug-likeness (QED) is 0.187. The van der Waals surface area contributed by atoms with Crippen molar-refractivity contribution in [1.29, 1.82) is 0 Å². The molecule has 1 aliphatic heterocycles. The van der Waals surface area contributed by atoms with Gasteiger partial charge in [0.05, 0.1) is 16.6 Å². The highest BCUT2D eigenvalue weighted by molar-refractivity contribution is 6.13. The Labute approximate surface area is 303 Å². The van der Waals surface area contributed by atoms with Crippen LogP contribution < -0.4 is 4.90 Å². The summed E-state index contributed by atoms with van der Waals surface area (Å²) in [6.45, 7) is 11.6. The van der Waals surface area contributed by atoms with Crippen LogP contribution >= 0.6 is 0 Å². The maximum atomic E-state index is 5.05. The van der Waals surface area contributed by atoms with E-state index < -0.39 is 0 Å². The van der Waals surface area contributed by atoms with Gasteiger partial charge in [-0.25, -0.2) is 9.97 Å². The molecule has 1 aliphatic rings. The van der Waals surface area contributed by atoms with E-state index in [1.807, 2.05) is 18.5 Å². The Balaban J connectivity index is 1.24. The van der Waals surface area contributed by atoms with Crippen LogP contribution in [-0.2, 0) is 10.8 Å². The molecule has 0 N–H and O–H groups in total. The van der Waals surface area contributed by atoms with E-state index in [-0.39, 0.29) is 10.8 Å². The fourth-order valence-electron chi connectivity index (χ4n) is 8.46. The lowest BCUT2D eigenvalue weighted by molar-refractivity contribution is 0.581. The largest absolute Gasteiger partial charge is 0.310 e. The number of anilines is 3. The molecule has 5 heterocycles. The SMILES string of the molecule is CC(C)(C)c1cc2c3c(c1)c1ccc(N(c4ccccc4)c4cccc(-n5c6ccccc6c6cccnc65)c4)cc1n3-c1ncccc1C2(C)C.